The third kappa shape index (κ3) is 3.96. The summed E-state index contributed by atoms with van der Waals surface area (Å²) in [6.45, 7) is 2.32. The highest BCUT2D eigenvalue weighted by atomic mass is 19.1. The Bertz CT molecular complexity index is 1080. The highest BCUT2D eigenvalue weighted by Gasteiger charge is 2.13. The van der Waals surface area contributed by atoms with Gasteiger partial charge in [-0.05, 0) is 55.0 Å². The van der Waals surface area contributed by atoms with Gasteiger partial charge in [0.05, 0.1) is 6.54 Å². The number of rotatable bonds is 5. The normalized spacial score (nSPS) is 10.8. The van der Waals surface area contributed by atoms with Gasteiger partial charge < -0.3 is 10.5 Å². The van der Waals surface area contributed by atoms with Gasteiger partial charge in [-0.15, -0.1) is 0 Å². The molecule has 4 rings (SSSR count). The monoisotopic (exact) mass is 376 g/mol. The van der Waals surface area contributed by atoms with Crippen molar-refractivity contribution in [3.8, 4) is 22.9 Å². The number of anilines is 1. The predicted molar refractivity (Wildman–Crippen MR) is 102 cm³/mol. The first-order valence-corrected chi connectivity index (χ1v) is 8.57. The number of aromatic nitrogens is 5. The molecule has 0 atom stereocenters. The van der Waals surface area contributed by atoms with Gasteiger partial charge in [-0.25, -0.2) is 24.0 Å². The number of nitrogens with two attached hydrogens (primary N) is 1. The number of aryl methyl sites for hydroxylation is 1. The van der Waals surface area contributed by atoms with Crippen LogP contribution in [0.25, 0.3) is 11.4 Å². The van der Waals surface area contributed by atoms with Gasteiger partial charge in [-0.1, -0.05) is 0 Å². The molecule has 0 unspecified atom stereocenters. The van der Waals surface area contributed by atoms with Crippen LogP contribution in [0.5, 0.6) is 11.5 Å². The summed E-state index contributed by atoms with van der Waals surface area (Å²) in [5.41, 5.74) is 8.37. The molecule has 2 N–H and O–H groups in total. The number of halogens is 1. The van der Waals surface area contributed by atoms with E-state index in [0.29, 0.717) is 29.7 Å². The number of benzene rings is 2. The molecule has 8 heteroatoms. The Kier molecular flexibility index (Phi) is 4.67. The molecule has 0 aliphatic heterocycles. The smallest absolute Gasteiger partial charge is 0.162 e. The maximum Gasteiger partial charge on any atom is 0.162 e. The molecule has 0 saturated carbocycles. The largest absolute Gasteiger partial charge is 0.457 e. The quantitative estimate of drug-likeness (QED) is 0.572. The molecule has 0 aliphatic rings. The Labute approximate surface area is 160 Å². The number of hydrogen-bond donors (Lipinski definition) is 1. The van der Waals surface area contributed by atoms with Crippen LogP contribution < -0.4 is 10.5 Å². The topological polar surface area (TPSA) is 91.7 Å². The summed E-state index contributed by atoms with van der Waals surface area (Å²) in [6, 6.07) is 13.1. The van der Waals surface area contributed by atoms with E-state index in [1.807, 2.05) is 25.1 Å². The van der Waals surface area contributed by atoms with Crippen LogP contribution in [0.1, 0.15) is 11.3 Å². The molecule has 0 aliphatic carbocycles. The van der Waals surface area contributed by atoms with Gasteiger partial charge in [0.15, 0.2) is 5.82 Å². The average molecular weight is 376 g/mol. The summed E-state index contributed by atoms with van der Waals surface area (Å²) >= 11 is 0. The van der Waals surface area contributed by atoms with E-state index in [-0.39, 0.29) is 5.82 Å². The van der Waals surface area contributed by atoms with Crippen LogP contribution in [0.2, 0.25) is 0 Å². The predicted octanol–water partition coefficient (Wildman–Crippen LogP) is 3.61. The van der Waals surface area contributed by atoms with Crippen molar-refractivity contribution in [1.82, 2.24) is 24.7 Å². The fourth-order valence-electron chi connectivity index (χ4n) is 2.82. The zero-order valence-electron chi connectivity index (χ0n) is 15.1. The van der Waals surface area contributed by atoms with E-state index < -0.39 is 0 Å². The van der Waals surface area contributed by atoms with Gasteiger partial charge >= 0.3 is 0 Å². The minimum atomic E-state index is -0.316. The van der Waals surface area contributed by atoms with Crippen LogP contribution in [0.4, 0.5) is 10.2 Å². The molecule has 2 aromatic heterocycles. The Morgan fingerprint density at radius 3 is 2.54 bits per heavy atom. The second-order valence-corrected chi connectivity index (χ2v) is 6.23. The molecule has 2 heterocycles. The van der Waals surface area contributed by atoms with Crippen molar-refractivity contribution < 1.29 is 9.13 Å². The lowest BCUT2D eigenvalue weighted by Crippen LogP contribution is -2.05. The third-order valence-corrected chi connectivity index (χ3v) is 4.04. The van der Waals surface area contributed by atoms with Crippen molar-refractivity contribution in [2.75, 3.05) is 5.73 Å². The minimum absolute atomic E-state index is 0.316. The van der Waals surface area contributed by atoms with Crippen LogP contribution in [0, 0.1) is 12.7 Å². The number of ether oxygens (including phenoxy) is 1. The van der Waals surface area contributed by atoms with Gasteiger partial charge in [0.25, 0.3) is 0 Å². The number of nitrogens with zero attached hydrogens (tertiary/aromatic N) is 5. The molecule has 28 heavy (non-hydrogen) atoms. The second-order valence-electron chi connectivity index (χ2n) is 6.23. The van der Waals surface area contributed by atoms with Gasteiger partial charge in [-0.2, -0.15) is 5.10 Å². The SMILES string of the molecule is Cc1cc(N)nc(-c2ccc(Oc3ccc(F)cc3)cc2Cn2cncn2)n1. The van der Waals surface area contributed by atoms with E-state index in [4.69, 9.17) is 10.5 Å². The zero-order valence-corrected chi connectivity index (χ0v) is 15.1. The van der Waals surface area contributed by atoms with E-state index in [0.717, 1.165) is 16.8 Å². The molecule has 0 bridgehead atoms. The lowest BCUT2D eigenvalue weighted by molar-refractivity contribution is 0.479. The van der Waals surface area contributed by atoms with Crippen LogP contribution in [0.3, 0.4) is 0 Å². The molecule has 0 amide bonds. The Hall–Kier alpha value is -3.81. The lowest BCUT2D eigenvalue weighted by atomic mass is 10.1. The van der Waals surface area contributed by atoms with Crippen LogP contribution in [0.15, 0.2) is 61.2 Å². The fourth-order valence-corrected chi connectivity index (χ4v) is 2.82. The van der Waals surface area contributed by atoms with Crippen molar-refractivity contribution in [2.45, 2.75) is 13.5 Å². The minimum Gasteiger partial charge on any atom is -0.457 e. The fraction of sp³-hybridized carbons (Fsp3) is 0.100. The molecule has 0 spiro atoms. The molecule has 2 aromatic carbocycles. The third-order valence-electron chi connectivity index (χ3n) is 4.04. The van der Waals surface area contributed by atoms with Crippen molar-refractivity contribution in [3.05, 3.63) is 78.3 Å². The zero-order chi connectivity index (χ0) is 19.5. The van der Waals surface area contributed by atoms with Crippen LogP contribution in [-0.4, -0.2) is 24.7 Å². The van der Waals surface area contributed by atoms with Gasteiger partial charge in [-0.3, -0.25) is 0 Å². The van der Waals surface area contributed by atoms with E-state index in [1.54, 1.807) is 29.2 Å². The summed E-state index contributed by atoms with van der Waals surface area (Å²) in [6.07, 6.45) is 3.10. The molecule has 0 fully saturated rings. The van der Waals surface area contributed by atoms with E-state index in [2.05, 4.69) is 20.1 Å². The molecule has 0 radical (unpaired) electrons. The second kappa shape index (κ2) is 7.43. The first-order chi connectivity index (χ1) is 13.6. The molecule has 7 nitrogen and oxygen atoms in total. The van der Waals surface area contributed by atoms with E-state index >= 15 is 0 Å². The van der Waals surface area contributed by atoms with Gasteiger partial charge in [0, 0.05) is 17.3 Å². The maximum absolute atomic E-state index is 13.1. The highest BCUT2D eigenvalue weighted by molar-refractivity contribution is 5.63. The number of nitrogen functional groups attached to an aromatic ring is 1. The van der Waals surface area contributed by atoms with Gasteiger partial charge in [0.1, 0.15) is 35.8 Å². The Morgan fingerprint density at radius 1 is 1.04 bits per heavy atom. The molecular weight excluding hydrogens is 359 g/mol. The van der Waals surface area contributed by atoms with Crippen LogP contribution >= 0.6 is 0 Å². The standard InChI is InChI=1S/C20H17FN6O/c1-13-8-19(22)26-20(25-13)18-7-6-17(28-16-4-2-15(21)3-5-16)9-14(18)10-27-12-23-11-24-27/h2-9,11-12H,10H2,1H3,(H2,22,25,26). The van der Waals surface area contributed by atoms with Crippen molar-refractivity contribution in [2.24, 2.45) is 0 Å². The molecule has 0 saturated heterocycles. The van der Waals surface area contributed by atoms with E-state index in [9.17, 15) is 4.39 Å². The van der Waals surface area contributed by atoms with Crippen molar-refractivity contribution in [3.63, 3.8) is 0 Å². The average Bonchev–Trinajstić information content (AvgIpc) is 3.16. The first-order valence-electron chi connectivity index (χ1n) is 8.57. The van der Waals surface area contributed by atoms with Crippen molar-refractivity contribution >= 4 is 5.82 Å². The Balaban J connectivity index is 1.73. The van der Waals surface area contributed by atoms with Crippen LogP contribution in [-0.2, 0) is 6.54 Å². The summed E-state index contributed by atoms with van der Waals surface area (Å²) in [7, 11) is 0. The van der Waals surface area contributed by atoms with E-state index in [1.165, 1.54) is 18.5 Å². The van der Waals surface area contributed by atoms with Gasteiger partial charge in [0.2, 0.25) is 0 Å². The first kappa shape index (κ1) is 17.6. The summed E-state index contributed by atoms with van der Waals surface area (Å²) < 4.78 is 20.7. The molecule has 140 valence electrons. The summed E-state index contributed by atoms with van der Waals surface area (Å²) in [4.78, 5) is 12.8. The Morgan fingerprint density at radius 2 is 1.82 bits per heavy atom. The highest BCUT2D eigenvalue weighted by Crippen LogP contribution is 2.29. The molecular formula is C20H17FN6O. The summed E-state index contributed by atoms with van der Waals surface area (Å²) in [5, 5.41) is 4.16. The summed E-state index contributed by atoms with van der Waals surface area (Å²) in [5.74, 6) is 1.76. The number of hydrogen-bond acceptors (Lipinski definition) is 6. The van der Waals surface area contributed by atoms with Crippen molar-refractivity contribution in [1.29, 1.82) is 0 Å². The lowest BCUT2D eigenvalue weighted by Gasteiger charge is -2.13. The maximum atomic E-state index is 13.1. The molecule has 4 aromatic rings.